The molecule has 174 valence electrons. The number of methoxy groups -OCH3 is 1. The number of carbonyl (C=O) groups excluding carboxylic acids is 1. The van der Waals surface area contributed by atoms with Crippen LogP contribution in [0.2, 0.25) is 0 Å². The van der Waals surface area contributed by atoms with Gasteiger partial charge in [-0.05, 0) is 54.8 Å². The van der Waals surface area contributed by atoms with Crippen LogP contribution in [0, 0.1) is 0 Å². The Morgan fingerprint density at radius 2 is 1.88 bits per heavy atom. The van der Waals surface area contributed by atoms with Crippen molar-refractivity contribution >= 4 is 6.03 Å². The zero-order chi connectivity index (χ0) is 23.4. The first kappa shape index (κ1) is 22.6. The van der Waals surface area contributed by atoms with Crippen molar-refractivity contribution in [3.63, 3.8) is 0 Å². The number of carbonyl (C=O) groups is 1. The lowest BCUT2D eigenvalue weighted by Crippen LogP contribution is -2.44. The van der Waals surface area contributed by atoms with E-state index in [1.807, 2.05) is 24.3 Å². The summed E-state index contributed by atoms with van der Waals surface area (Å²) in [5.41, 5.74) is 0.622. The zero-order valence-electron chi connectivity index (χ0n) is 17.9. The molecule has 33 heavy (non-hydrogen) atoms. The first-order valence-electron chi connectivity index (χ1n) is 10.5. The van der Waals surface area contributed by atoms with E-state index >= 15 is 0 Å². The second kappa shape index (κ2) is 9.51. The van der Waals surface area contributed by atoms with Crippen LogP contribution in [0.15, 0.2) is 52.9 Å². The highest BCUT2D eigenvalue weighted by Crippen LogP contribution is 2.32. The van der Waals surface area contributed by atoms with Gasteiger partial charge < -0.3 is 19.4 Å². The highest BCUT2D eigenvalue weighted by molar-refractivity contribution is 5.74. The third-order valence-electron chi connectivity index (χ3n) is 5.56. The Labute approximate surface area is 188 Å². The van der Waals surface area contributed by atoms with Gasteiger partial charge in [-0.15, -0.1) is 10.2 Å². The van der Waals surface area contributed by atoms with E-state index < -0.39 is 11.7 Å². The Bertz CT molecular complexity index is 1080. The normalized spacial score (nSPS) is 16.5. The number of benzene rings is 2. The molecule has 10 heteroatoms. The van der Waals surface area contributed by atoms with Crippen LogP contribution in [0.5, 0.6) is 5.75 Å². The average Bonchev–Trinajstić information content (AvgIpc) is 3.33. The van der Waals surface area contributed by atoms with Crippen molar-refractivity contribution in [2.45, 2.75) is 31.5 Å². The second-order valence-electron chi connectivity index (χ2n) is 7.81. The fourth-order valence-corrected chi connectivity index (χ4v) is 3.71. The fraction of sp³-hybridized carbons (Fsp3) is 0.348. The van der Waals surface area contributed by atoms with Crippen LogP contribution >= 0.6 is 0 Å². The molecule has 2 aromatic carbocycles. The standard InChI is InChI=1S/C23H23F3N4O3/c1-32-19-10-4-15(5-11-19)13-27-22(31)30-12-2-3-17(14-30)21-29-28-20(33-21)16-6-8-18(9-7-16)23(24,25)26/h4-11,17H,2-3,12-14H2,1H3,(H,27,31). The Morgan fingerprint density at radius 1 is 1.15 bits per heavy atom. The maximum absolute atomic E-state index is 12.8. The number of urea groups is 1. The average molecular weight is 460 g/mol. The van der Waals surface area contributed by atoms with Crippen molar-refractivity contribution < 1.29 is 27.1 Å². The number of alkyl halides is 3. The van der Waals surface area contributed by atoms with Crippen molar-refractivity contribution in [3.05, 3.63) is 65.5 Å². The van der Waals surface area contributed by atoms with E-state index in [0.29, 0.717) is 31.1 Å². The number of amides is 2. The molecule has 0 bridgehead atoms. The van der Waals surface area contributed by atoms with Gasteiger partial charge in [0.05, 0.1) is 18.6 Å². The second-order valence-corrected chi connectivity index (χ2v) is 7.81. The smallest absolute Gasteiger partial charge is 0.416 e. The largest absolute Gasteiger partial charge is 0.497 e. The van der Waals surface area contributed by atoms with Gasteiger partial charge in [0, 0.05) is 25.2 Å². The van der Waals surface area contributed by atoms with Gasteiger partial charge in [0.25, 0.3) is 0 Å². The Balaban J connectivity index is 1.36. The number of piperidine rings is 1. The predicted octanol–water partition coefficient (Wildman–Crippen LogP) is 4.85. The predicted molar refractivity (Wildman–Crippen MR) is 114 cm³/mol. The van der Waals surface area contributed by atoms with Crippen molar-refractivity contribution in [1.82, 2.24) is 20.4 Å². The summed E-state index contributed by atoms with van der Waals surface area (Å²) >= 11 is 0. The maximum Gasteiger partial charge on any atom is 0.416 e. The molecular weight excluding hydrogens is 437 g/mol. The van der Waals surface area contributed by atoms with Gasteiger partial charge >= 0.3 is 12.2 Å². The van der Waals surface area contributed by atoms with Crippen molar-refractivity contribution in [2.75, 3.05) is 20.2 Å². The molecule has 2 heterocycles. The number of nitrogens with one attached hydrogen (secondary N) is 1. The first-order chi connectivity index (χ1) is 15.8. The lowest BCUT2D eigenvalue weighted by atomic mass is 9.98. The molecule has 1 fully saturated rings. The number of hydrogen-bond donors (Lipinski definition) is 1. The quantitative estimate of drug-likeness (QED) is 0.589. The van der Waals surface area contributed by atoms with E-state index in [0.717, 1.165) is 36.3 Å². The zero-order valence-corrected chi connectivity index (χ0v) is 17.9. The van der Waals surface area contributed by atoms with Crippen molar-refractivity contribution in [3.8, 4) is 17.2 Å². The molecule has 0 aliphatic carbocycles. The third-order valence-corrected chi connectivity index (χ3v) is 5.56. The molecule has 7 nitrogen and oxygen atoms in total. The summed E-state index contributed by atoms with van der Waals surface area (Å²) in [4.78, 5) is 14.4. The molecule has 1 aromatic heterocycles. The van der Waals surface area contributed by atoms with Crippen LogP contribution in [0.25, 0.3) is 11.5 Å². The van der Waals surface area contributed by atoms with E-state index in [-0.39, 0.29) is 17.8 Å². The van der Waals surface area contributed by atoms with Gasteiger partial charge in [0.1, 0.15) is 5.75 Å². The topological polar surface area (TPSA) is 80.5 Å². The van der Waals surface area contributed by atoms with Gasteiger partial charge in [0.2, 0.25) is 11.8 Å². The van der Waals surface area contributed by atoms with E-state index in [1.54, 1.807) is 12.0 Å². The van der Waals surface area contributed by atoms with Gasteiger partial charge in [-0.2, -0.15) is 13.2 Å². The summed E-state index contributed by atoms with van der Waals surface area (Å²) in [7, 11) is 1.60. The molecule has 4 rings (SSSR count). The molecule has 0 spiro atoms. The Morgan fingerprint density at radius 3 is 2.55 bits per heavy atom. The minimum Gasteiger partial charge on any atom is -0.497 e. The molecule has 1 aliphatic heterocycles. The van der Waals surface area contributed by atoms with Crippen molar-refractivity contribution in [2.24, 2.45) is 0 Å². The van der Waals surface area contributed by atoms with Crippen LogP contribution in [-0.2, 0) is 12.7 Å². The van der Waals surface area contributed by atoms with E-state index in [9.17, 15) is 18.0 Å². The highest BCUT2D eigenvalue weighted by Gasteiger charge is 2.31. The molecule has 1 saturated heterocycles. The molecule has 1 unspecified atom stereocenters. The van der Waals surface area contributed by atoms with Crippen LogP contribution in [-0.4, -0.2) is 41.3 Å². The van der Waals surface area contributed by atoms with Gasteiger partial charge in [-0.3, -0.25) is 0 Å². The number of hydrogen-bond acceptors (Lipinski definition) is 5. The molecule has 0 saturated carbocycles. The van der Waals surface area contributed by atoms with Gasteiger partial charge in [-0.25, -0.2) is 4.79 Å². The maximum atomic E-state index is 12.8. The number of aromatic nitrogens is 2. The number of nitrogens with zero attached hydrogens (tertiary/aromatic N) is 3. The fourth-order valence-electron chi connectivity index (χ4n) is 3.71. The van der Waals surface area contributed by atoms with E-state index in [2.05, 4.69) is 15.5 Å². The van der Waals surface area contributed by atoms with Crippen LogP contribution in [0.4, 0.5) is 18.0 Å². The molecule has 1 atom stereocenters. The summed E-state index contributed by atoms with van der Waals surface area (Å²) in [5.74, 6) is 1.14. The molecule has 3 aromatic rings. The highest BCUT2D eigenvalue weighted by atomic mass is 19.4. The van der Waals surface area contributed by atoms with E-state index in [1.165, 1.54) is 12.1 Å². The number of ether oxygens (including phenoxy) is 1. The van der Waals surface area contributed by atoms with Gasteiger partial charge in [0.15, 0.2) is 0 Å². The van der Waals surface area contributed by atoms with Gasteiger partial charge in [-0.1, -0.05) is 12.1 Å². The third kappa shape index (κ3) is 5.44. The van der Waals surface area contributed by atoms with Crippen LogP contribution in [0.1, 0.15) is 35.8 Å². The summed E-state index contributed by atoms with van der Waals surface area (Å²) in [6, 6.07) is 11.8. The molecule has 0 radical (unpaired) electrons. The molecule has 1 aliphatic rings. The first-order valence-corrected chi connectivity index (χ1v) is 10.5. The number of halogens is 3. The summed E-state index contributed by atoms with van der Waals surface area (Å²) in [6.07, 6.45) is -2.85. The molecule has 2 amide bonds. The SMILES string of the molecule is COc1ccc(CNC(=O)N2CCCC(c3nnc(-c4ccc(C(F)(F)F)cc4)o3)C2)cc1. The summed E-state index contributed by atoms with van der Waals surface area (Å²) < 4.78 is 49.1. The summed E-state index contributed by atoms with van der Waals surface area (Å²) in [6.45, 7) is 1.43. The summed E-state index contributed by atoms with van der Waals surface area (Å²) in [5, 5.41) is 11.0. The van der Waals surface area contributed by atoms with Crippen molar-refractivity contribution in [1.29, 1.82) is 0 Å². The number of rotatable bonds is 5. The Kier molecular flexibility index (Phi) is 6.52. The minimum absolute atomic E-state index is 0.138. The lowest BCUT2D eigenvalue weighted by molar-refractivity contribution is -0.137. The lowest BCUT2D eigenvalue weighted by Gasteiger charge is -2.31. The molecule has 1 N–H and O–H groups in total. The van der Waals surface area contributed by atoms with Crippen LogP contribution < -0.4 is 10.1 Å². The van der Waals surface area contributed by atoms with Crippen LogP contribution in [0.3, 0.4) is 0 Å². The minimum atomic E-state index is -4.40. The van der Waals surface area contributed by atoms with E-state index in [4.69, 9.17) is 9.15 Å². The number of likely N-dealkylation sites (tertiary alicyclic amines) is 1. The monoisotopic (exact) mass is 460 g/mol. The molecular formula is C23H23F3N4O3. The Hall–Kier alpha value is -3.56.